The highest BCUT2D eigenvalue weighted by molar-refractivity contribution is 7.80. The Bertz CT molecular complexity index is 814. The summed E-state index contributed by atoms with van der Waals surface area (Å²) in [6, 6.07) is 19.4. The maximum absolute atomic E-state index is 12.4. The zero-order chi connectivity index (χ0) is 21.9. The van der Waals surface area contributed by atoms with Gasteiger partial charge in [0.2, 0.25) is 5.91 Å². The number of benzene rings is 2. The van der Waals surface area contributed by atoms with Crippen LogP contribution in [0, 0.1) is 5.92 Å². The Morgan fingerprint density at radius 3 is 2.39 bits per heavy atom. The van der Waals surface area contributed by atoms with E-state index in [0.717, 1.165) is 37.2 Å². The number of ether oxygens (including phenoxy) is 1. The predicted molar refractivity (Wildman–Crippen MR) is 125 cm³/mol. The molecule has 166 valence electrons. The number of anilines is 1. The molecule has 1 heterocycles. The molecular formula is C23H30N4O3S. The van der Waals surface area contributed by atoms with Crippen LogP contribution >= 0.6 is 12.2 Å². The lowest BCUT2D eigenvalue weighted by molar-refractivity contribution is -0.127. The van der Waals surface area contributed by atoms with Crippen LogP contribution in [0.4, 0.5) is 5.69 Å². The summed E-state index contributed by atoms with van der Waals surface area (Å²) in [5.41, 5.74) is 7.40. The average Bonchev–Trinajstić information content (AvgIpc) is 2.79. The molecule has 0 spiro atoms. The number of carbonyl (C=O) groups is 1. The molecule has 0 aromatic heterocycles. The number of nitrogens with zero attached hydrogens (tertiary/aromatic N) is 1. The average molecular weight is 443 g/mol. The first-order chi connectivity index (χ1) is 15.1. The molecule has 1 aliphatic heterocycles. The molecule has 1 aliphatic rings. The molecule has 8 heteroatoms. The molecule has 0 bridgehead atoms. The molecule has 31 heavy (non-hydrogen) atoms. The molecule has 0 radical (unpaired) electrons. The number of hydrazine groups is 1. The number of aliphatic hydroxyl groups excluding tert-OH is 1. The number of para-hydroxylation sites is 1. The van der Waals surface area contributed by atoms with Gasteiger partial charge in [-0.15, -0.1) is 0 Å². The third-order valence-corrected chi connectivity index (χ3v) is 5.38. The van der Waals surface area contributed by atoms with E-state index in [-0.39, 0.29) is 11.8 Å². The second-order valence-corrected chi connectivity index (χ2v) is 8.07. The number of aliphatic hydroxyl groups is 1. The van der Waals surface area contributed by atoms with Gasteiger partial charge in [0.1, 0.15) is 0 Å². The number of hydrogen-bond donors (Lipinski definition) is 4. The Labute approximate surface area is 188 Å². The lowest BCUT2D eigenvalue weighted by atomic mass is 9.96. The van der Waals surface area contributed by atoms with Gasteiger partial charge >= 0.3 is 0 Å². The van der Waals surface area contributed by atoms with E-state index in [1.807, 2.05) is 60.7 Å². The first kappa shape index (κ1) is 23.1. The van der Waals surface area contributed by atoms with Crippen LogP contribution in [-0.4, -0.2) is 53.4 Å². The zero-order valence-corrected chi connectivity index (χ0v) is 18.3. The van der Waals surface area contributed by atoms with Crippen molar-refractivity contribution in [1.82, 2.24) is 15.8 Å². The summed E-state index contributed by atoms with van der Waals surface area (Å²) < 4.78 is 5.61. The Morgan fingerprint density at radius 2 is 1.71 bits per heavy atom. The van der Waals surface area contributed by atoms with Gasteiger partial charge in [-0.05, 0) is 55.8 Å². The molecule has 2 aromatic carbocycles. The maximum atomic E-state index is 12.4. The van der Waals surface area contributed by atoms with Gasteiger partial charge < -0.3 is 20.1 Å². The van der Waals surface area contributed by atoms with Crippen LogP contribution < -0.4 is 16.2 Å². The summed E-state index contributed by atoms with van der Waals surface area (Å²) in [5.74, 6) is -0.140. The molecule has 7 nitrogen and oxygen atoms in total. The number of β-amino-alcohol motifs (C(OH)–C–C–N with tert-alkyl or cyclic N) is 1. The molecule has 3 rings (SSSR count). The van der Waals surface area contributed by atoms with Crippen molar-refractivity contribution in [2.75, 3.05) is 31.6 Å². The fraction of sp³-hybridized carbons (Fsp3) is 0.391. The van der Waals surface area contributed by atoms with Gasteiger partial charge in [0, 0.05) is 18.2 Å². The third-order valence-electron chi connectivity index (χ3n) is 5.18. The van der Waals surface area contributed by atoms with Gasteiger partial charge in [-0.1, -0.05) is 48.5 Å². The Kier molecular flexibility index (Phi) is 9.23. The van der Waals surface area contributed by atoms with Gasteiger partial charge in [-0.2, -0.15) is 0 Å². The molecule has 2 aromatic rings. The minimum absolute atomic E-state index is 0.0661. The number of rotatable bonds is 8. The summed E-state index contributed by atoms with van der Waals surface area (Å²) in [6.45, 7) is 2.87. The van der Waals surface area contributed by atoms with Crippen LogP contribution in [0.15, 0.2) is 60.7 Å². The highest BCUT2D eigenvalue weighted by Gasteiger charge is 2.26. The normalized spacial score (nSPS) is 15.8. The van der Waals surface area contributed by atoms with E-state index >= 15 is 0 Å². The van der Waals surface area contributed by atoms with E-state index in [1.54, 1.807) is 0 Å². The lowest BCUT2D eigenvalue weighted by Gasteiger charge is -2.32. The molecule has 1 fully saturated rings. The van der Waals surface area contributed by atoms with E-state index in [9.17, 15) is 9.90 Å². The van der Waals surface area contributed by atoms with Crippen molar-refractivity contribution in [1.29, 1.82) is 0 Å². The molecule has 0 saturated carbocycles. The van der Waals surface area contributed by atoms with Gasteiger partial charge in [0.25, 0.3) is 0 Å². The van der Waals surface area contributed by atoms with E-state index in [2.05, 4.69) is 21.1 Å². The molecule has 0 unspecified atom stereocenters. The van der Waals surface area contributed by atoms with Crippen LogP contribution in [0.5, 0.6) is 0 Å². The summed E-state index contributed by atoms with van der Waals surface area (Å²) in [5, 5.41) is 13.6. The van der Waals surface area contributed by atoms with Crippen molar-refractivity contribution in [3.8, 4) is 0 Å². The topological polar surface area (TPSA) is 85.9 Å². The molecule has 0 aliphatic carbocycles. The Hall–Kier alpha value is -2.52. The molecule has 1 atom stereocenters. The van der Waals surface area contributed by atoms with Crippen LogP contribution in [-0.2, 0) is 16.1 Å². The number of nitrogens with one attached hydrogen (secondary N) is 3. The van der Waals surface area contributed by atoms with Crippen molar-refractivity contribution >= 4 is 28.9 Å². The molecule has 1 saturated heterocycles. The van der Waals surface area contributed by atoms with Crippen LogP contribution in [0.2, 0.25) is 0 Å². The smallest absolute Gasteiger partial charge is 0.241 e. The fourth-order valence-corrected chi connectivity index (χ4v) is 3.69. The van der Waals surface area contributed by atoms with Crippen molar-refractivity contribution in [2.24, 2.45) is 5.92 Å². The number of piperidine rings is 1. The monoisotopic (exact) mass is 442 g/mol. The van der Waals surface area contributed by atoms with E-state index in [4.69, 9.17) is 17.0 Å². The third kappa shape index (κ3) is 8.26. The van der Waals surface area contributed by atoms with Crippen molar-refractivity contribution in [2.45, 2.75) is 25.6 Å². The zero-order valence-electron chi connectivity index (χ0n) is 17.5. The SMILES string of the molecule is O=C(NNC(=S)Nc1ccccc1)C1CCN(C[C@@H](O)COCc2ccccc2)CC1. The number of hydrogen-bond acceptors (Lipinski definition) is 5. The van der Waals surface area contributed by atoms with Crippen LogP contribution in [0.25, 0.3) is 0 Å². The second kappa shape index (κ2) is 12.4. The Balaban J connectivity index is 1.28. The van der Waals surface area contributed by atoms with Crippen molar-refractivity contribution in [3.63, 3.8) is 0 Å². The number of amides is 1. The maximum Gasteiger partial charge on any atom is 0.241 e. The molecular weight excluding hydrogens is 412 g/mol. The minimum Gasteiger partial charge on any atom is -0.389 e. The van der Waals surface area contributed by atoms with Gasteiger partial charge in [-0.25, -0.2) is 0 Å². The van der Waals surface area contributed by atoms with Crippen LogP contribution in [0.3, 0.4) is 0 Å². The summed E-state index contributed by atoms with van der Waals surface area (Å²) >= 11 is 5.20. The van der Waals surface area contributed by atoms with Crippen molar-refractivity contribution < 1.29 is 14.6 Å². The highest BCUT2D eigenvalue weighted by atomic mass is 32.1. The minimum atomic E-state index is -0.544. The van der Waals surface area contributed by atoms with E-state index < -0.39 is 6.10 Å². The van der Waals surface area contributed by atoms with E-state index in [1.165, 1.54) is 0 Å². The summed E-state index contributed by atoms with van der Waals surface area (Å²) in [7, 11) is 0. The number of thiocarbonyl (C=S) groups is 1. The predicted octanol–water partition coefficient (Wildman–Crippen LogP) is 2.29. The molecule has 1 amide bonds. The second-order valence-electron chi connectivity index (χ2n) is 7.66. The first-order valence-corrected chi connectivity index (χ1v) is 10.9. The molecule has 4 N–H and O–H groups in total. The largest absolute Gasteiger partial charge is 0.389 e. The Morgan fingerprint density at radius 1 is 1.06 bits per heavy atom. The summed E-state index contributed by atoms with van der Waals surface area (Å²) in [6.07, 6.45) is 0.936. The van der Waals surface area contributed by atoms with E-state index in [0.29, 0.717) is 24.9 Å². The highest BCUT2D eigenvalue weighted by Crippen LogP contribution is 2.17. The fourth-order valence-electron chi connectivity index (χ4n) is 3.52. The van der Waals surface area contributed by atoms with Gasteiger partial charge in [-0.3, -0.25) is 15.6 Å². The van der Waals surface area contributed by atoms with Crippen LogP contribution in [0.1, 0.15) is 18.4 Å². The standard InChI is InChI=1S/C23H30N4O3S/c28-21(17-30-16-18-7-3-1-4-8-18)15-27-13-11-19(12-14-27)22(29)25-26-23(31)24-20-9-5-2-6-10-20/h1-10,19,21,28H,11-17H2,(H,25,29)(H2,24,26,31)/t21-/m1/s1. The first-order valence-electron chi connectivity index (χ1n) is 10.5. The number of likely N-dealkylation sites (tertiary alicyclic amines) is 1. The quantitative estimate of drug-likeness (QED) is 0.369. The van der Waals surface area contributed by atoms with Crippen molar-refractivity contribution in [3.05, 3.63) is 66.2 Å². The lowest BCUT2D eigenvalue weighted by Crippen LogP contribution is -2.49. The van der Waals surface area contributed by atoms with Gasteiger partial charge in [0.05, 0.1) is 19.3 Å². The number of carbonyl (C=O) groups excluding carboxylic acids is 1. The van der Waals surface area contributed by atoms with Gasteiger partial charge in [0.15, 0.2) is 5.11 Å². The summed E-state index contributed by atoms with van der Waals surface area (Å²) in [4.78, 5) is 14.6.